The van der Waals surface area contributed by atoms with E-state index in [1.54, 1.807) is 0 Å². The Morgan fingerprint density at radius 2 is 1.75 bits per heavy atom. The average molecular weight is 477 g/mol. The van der Waals surface area contributed by atoms with Crippen molar-refractivity contribution in [2.45, 2.75) is 17.9 Å². The molecule has 4 nitrogen and oxygen atoms in total. The standard InChI is InChI=1S/C23H17ClF3N3OS/c24-17-11-10-16(23(25,26)27)12-19(17)28-21(31)14-32-22-29-18-8-4-5-9-20(18)30(22)13-15-6-2-1-3-7-15/h1-12H,13-14H2,(H,28,31)/p+1. The summed E-state index contributed by atoms with van der Waals surface area (Å²) in [5.74, 6) is -0.463. The highest BCUT2D eigenvalue weighted by molar-refractivity contribution is 7.99. The van der Waals surface area contributed by atoms with Gasteiger partial charge in [0.05, 0.1) is 22.0 Å². The van der Waals surface area contributed by atoms with Crippen LogP contribution in [-0.4, -0.2) is 16.6 Å². The Labute approximate surface area is 191 Å². The van der Waals surface area contributed by atoms with Crippen molar-refractivity contribution in [1.82, 2.24) is 4.98 Å². The summed E-state index contributed by atoms with van der Waals surface area (Å²) in [6, 6.07) is 20.5. The molecular formula is C23H18ClF3N3OS+. The fourth-order valence-electron chi connectivity index (χ4n) is 3.26. The Balaban J connectivity index is 1.52. The largest absolute Gasteiger partial charge is 0.416 e. The molecule has 0 fully saturated rings. The number of carbonyl (C=O) groups is 1. The molecular weight excluding hydrogens is 459 g/mol. The number of fused-ring (bicyclic) bond motifs is 1. The predicted molar refractivity (Wildman–Crippen MR) is 120 cm³/mol. The molecule has 3 aromatic carbocycles. The summed E-state index contributed by atoms with van der Waals surface area (Å²) in [6.07, 6.45) is -4.52. The summed E-state index contributed by atoms with van der Waals surface area (Å²) in [4.78, 5) is 15.8. The highest BCUT2D eigenvalue weighted by Gasteiger charge is 2.31. The zero-order chi connectivity index (χ0) is 22.7. The van der Waals surface area contributed by atoms with Crippen molar-refractivity contribution in [3.8, 4) is 0 Å². The number of hydrogen-bond acceptors (Lipinski definition) is 2. The van der Waals surface area contributed by atoms with Gasteiger partial charge in [0.25, 0.3) is 0 Å². The molecule has 1 amide bonds. The molecule has 0 unspecified atom stereocenters. The maximum atomic E-state index is 13.0. The number of hydrogen-bond donors (Lipinski definition) is 2. The maximum Gasteiger partial charge on any atom is 0.416 e. The number of nitrogens with zero attached hydrogens (tertiary/aromatic N) is 1. The third kappa shape index (κ3) is 5.08. The Morgan fingerprint density at radius 3 is 2.50 bits per heavy atom. The van der Waals surface area contributed by atoms with Gasteiger partial charge in [0.15, 0.2) is 11.0 Å². The molecule has 1 heterocycles. The predicted octanol–water partition coefficient (Wildman–Crippen LogP) is 5.91. The fourth-order valence-corrected chi connectivity index (χ4v) is 4.27. The summed E-state index contributed by atoms with van der Waals surface area (Å²) in [5, 5.41) is 3.29. The number of para-hydroxylation sites is 2. The van der Waals surface area contributed by atoms with E-state index in [0.29, 0.717) is 6.54 Å². The van der Waals surface area contributed by atoms with E-state index in [1.165, 1.54) is 11.8 Å². The Morgan fingerprint density at radius 1 is 1.03 bits per heavy atom. The first-order valence-electron chi connectivity index (χ1n) is 9.65. The third-order valence-electron chi connectivity index (χ3n) is 4.77. The van der Waals surface area contributed by atoms with Crippen LogP contribution in [0.1, 0.15) is 11.1 Å². The van der Waals surface area contributed by atoms with Crippen LogP contribution in [0, 0.1) is 0 Å². The quantitative estimate of drug-likeness (QED) is 0.268. The van der Waals surface area contributed by atoms with E-state index in [4.69, 9.17) is 11.6 Å². The van der Waals surface area contributed by atoms with Gasteiger partial charge in [-0.1, -0.05) is 54.1 Å². The van der Waals surface area contributed by atoms with Gasteiger partial charge >= 0.3 is 11.3 Å². The minimum Gasteiger partial charge on any atom is -0.324 e. The molecule has 32 heavy (non-hydrogen) atoms. The van der Waals surface area contributed by atoms with Gasteiger partial charge in [-0.3, -0.25) is 4.79 Å². The molecule has 2 N–H and O–H groups in total. The zero-order valence-electron chi connectivity index (χ0n) is 16.6. The normalized spacial score (nSPS) is 11.6. The fraction of sp³-hybridized carbons (Fsp3) is 0.130. The van der Waals surface area contributed by atoms with E-state index in [2.05, 4.69) is 14.9 Å². The van der Waals surface area contributed by atoms with E-state index >= 15 is 0 Å². The van der Waals surface area contributed by atoms with Crippen molar-refractivity contribution >= 4 is 46.0 Å². The highest BCUT2D eigenvalue weighted by Crippen LogP contribution is 2.34. The first kappa shape index (κ1) is 22.2. The number of alkyl halides is 3. The molecule has 0 radical (unpaired) electrons. The monoisotopic (exact) mass is 476 g/mol. The lowest BCUT2D eigenvalue weighted by Crippen LogP contribution is -2.35. The minimum absolute atomic E-state index is 0.00577. The molecule has 1 aromatic heterocycles. The van der Waals surface area contributed by atoms with Crippen LogP contribution < -0.4 is 9.88 Å². The molecule has 0 spiro atoms. The molecule has 0 saturated heterocycles. The Kier molecular flexibility index (Phi) is 6.43. The summed E-state index contributed by atoms with van der Waals surface area (Å²) in [6.45, 7) is 0.605. The van der Waals surface area contributed by atoms with Crippen molar-refractivity contribution < 1.29 is 22.5 Å². The van der Waals surface area contributed by atoms with E-state index in [-0.39, 0.29) is 16.5 Å². The summed E-state index contributed by atoms with van der Waals surface area (Å²) in [7, 11) is 0. The lowest BCUT2D eigenvalue weighted by molar-refractivity contribution is -0.700. The van der Waals surface area contributed by atoms with Gasteiger partial charge in [-0.05, 0) is 47.7 Å². The zero-order valence-corrected chi connectivity index (χ0v) is 18.2. The van der Waals surface area contributed by atoms with Gasteiger partial charge in [-0.15, -0.1) is 0 Å². The van der Waals surface area contributed by atoms with Crippen molar-refractivity contribution in [2.75, 3.05) is 11.1 Å². The van der Waals surface area contributed by atoms with Crippen LogP contribution in [0.5, 0.6) is 0 Å². The topological polar surface area (TPSA) is 48.8 Å². The number of halogens is 4. The van der Waals surface area contributed by atoms with Crippen molar-refractivity contribution in [3.05, 3.63) is 88.9 Å². The molecule has 9 heteroatoms. The second-order valence-corrected chi connectivity index (χ2v) is 8.42. The number of amides is 1. The van der Waals surface area contributed by atoms with Gasteiger partial charge in [0.2, 0.25) is 5.91 Å². The number of nitrogens with one attached hydrogen (secondary N) is 2. The summed E-state index contributed by atoms with van der Waals surface area (Å²) < 4.78 is 41.0. The van der Waals surface area contributed by atoms with Crippen LogP contribution in [0.4, 0.5) is 18.9 Å². The van der Waals surface area contributed by atoms with Gasteiger partial charge in [-0.2, -0.15) is 13.2 Å². The Bertz CT molecular complexity index is 1260. The van der Waals surface area contributed by atoms with Crippen LogP contribution in [-0.2, 0) is 17.5 Å². The van der Waals surface area contributed by atoms with Gasteiger partial charge in [0, 0.05) is 0 Å². The number of thioether (sulfide) groups is 1. The van der Waals surface area contributed by atoms with Crippen LogP contribution in [0.25, 0.3) is 11.0 Å². The van der Waals surface area contributed by atoms with E-state index < -0.39 is 17.6 Å². The molecule has 164 valence electrons. The Hall–Kier alpha value is -2.97. The number of imidazole rings is 1. The number of aromatic amines is 1. The van der Waals surface area contributed by atoms with Crippen LogP contribution in [0.2, 0.25) is 5.02 Å². The van der Waals surface area contributed by atoms with Crippen molar-refractivity contribution in [1.29, 1.82) is 0 Å². The van der Waals surface area contributed by atoms with E-state index in [0.717, 1.165) is 40.0 Å². The van der Waals surface area contributed by atoms with E-state index in [1.807, 2.05) is 54.6 Å². The van der Waals surface area contributed by atoms with Crippen molar-refractivity contribution in [2.24, 2.45) is 0 Å². The number of anilines is 1. The van der Waals surface area contributed by atoms with Crippen LogP contribution in [0.3, 0.4) is 0 Å². The summed E-state index contributed by atoms with van der Waals surface area (Å²) in [5.41, 5.74) is 2.07. The van der Waals surface area contributed by atoms with Crippen molar-refractivity contribution in [3.63, 3.8) is 0 Å². The second kappa shape index (κ2) is 9.26. The lowest BCUT2D eigenvalue weighted by atomic mass is 10.2. The number of benzene rings is 3. The number of rotatable bonds is 6. The summed E-state index contributed by atoms with van der Waals surface area (Å²) >= 11 is 7.24. The second-order valence-electron chi connectivity index (χ2n) is 7.05. The first-order valence-corrected chi connectivity index (χ1v) is 11.0. The molecule has 0 aliphatic heterocycles. The average Bonchev–Trinajstić information content (AvgIpc) is 3.11. The number of aromatic nitrogens is 2. The maximum absolute atomic E-state index is 13.0. The van der Waals surface area contributed by atoms with Crippen LogP contribution in [0.15, 0.2) is 78.0 Å². The number of carbonyl (C=O) groups excluding carboxylic acids is 1. The van der Waals surface area contributed by atoms with E-state index in [9.17, 15) is 18.0 Å². The molecule has 4 aromatic rings. The first-order chi connectivity index (χ1) is 15.3. The molecule has 0 atom stereocenters. The van der Waals surface area contributed by atoms with Gasteiger partial charge < -0.3 is 5.32 Å². The molecule has 0 aliphatic carbocycles. The minimum atomic E-state index is -4.52. The molecule has 4 rings (SSSR count). The third-order valence-corrected chi connectivity index (χ3v) is 6.10. The number of H-pyrrole nitrogens is 1. The SMILES string of the molecule is O=C(CSc1[nH]c2ccccc2[n+]1Cc1ccccc1)Nc1cc(C(F)(F)F)ccc1Cl. The molecule has 0 bridgehead atoms. The lowest BCUT2D eigenvalue weighted by Gasteiger charge is -2.11. The molecule has 0 aliphatic rings. The van der Waals surface area contributed by atoms with Gasteiger partial charge in [-0.25, -0.2) is 9.55 Å². The highest BCUT2D eigenvalue weighted by atomic mass is 35.5. The van der Waals surface area contributed by atoms with Crippen LogP contribution >= 0.6 is 23.4 Å². The molecule has 0 saturated carbocycles. The smallest absolute Gasteiger partial charge is 0.324 e. The van der Waals surface area contributed by atoms with Gasteiger partial charge in [0.1, 0.15) is 6.54 Å².